The van der Waals surface area contributed by atoms with E-state index in [1.165, 1.54) is 0 Å². The minimum absolute atomic E-state index is 0.0145. The first-order valence-electron chi connectivity index (χ1n) is 15.1. The Hall–Kier alpha value is -2.44. The van der Waals surface area contributed by atoms with Gasteiger partial charge in [-0.2, -0.15) is 0 Å². The molecule has 43 heavy (non-hydrogen) atoms. The smallest absolute Gasteiger partial charge is 0.244 e. The molecule has 0 aromatic heterocycles. The summed E-state index contributed by atoms with van der Waals surface area (Å²) in [6, 6.07) is 18.0. The number of ether oxygens (including phenoxy) is 1. The van der Waals surface area contributed by atoms with Gasteiger partial charge in [-0.3, -0.25) is 19.3 Å². The number of carbonyl (C=O) groups excluding carboxylic acids is 3. The molecule has 4 aliphatic rings. The number of benzene rings is 2. The number of thioether (sulfide) groups is 1. The second-order valence-corrected chi connectivity index (χ2v) is 14.6. The standard InChI is InChI=1S/C32H39BrN4O5S/c33-24-18-32-26(25(27(24)43-32)29(39)35-19-22-9-5-2-6-10-22)31(41)37(23(20-38)17-21-7-3-1-4-8-21)28(32)30(40)34-11-12-36-13-15-42-16-14-36/h1-10,23-28,38H,11-20H2,(H,34,40)(H,35,39)/t23-,24?,25+,26+,27+,28?,32?/m1/s1. The zero-order chi connectivity index (χ0) is 30.0. The fraction of sp³-hybridized carbons (Fsp3) is 0.531. The number of hydrogen-bond acceptors (Lipinski definition) is 7. The Labute approximate surface area is 265 Å². The van der Waals surface area contributed by atoms with Gasteiger partial charge < -0.3 is 25.4 Å². The summed E-state index contributed by atoms with van der Waals surface area (Å²) < 4.78 is 4.68. The van der Waals surface area contributed by atoms with E-state index in [0.717, 1.165) is 24.2 Å². The number of likely N-dealkylation sites (tertiary alicyclic amines) is 1. The highest BCUT2D eigenvalue weighted by atomic mass is 79.9. The van der Waals surface area contributed by atoms with Crippen molar-refractivity contribution in [2.24, 2.45) is 11.8 Å². The van der Waals surface area contributed by atoms with Gasteiger partial charge in [-0.25, -0.2) is 0 Å². The van der Waals surface area contributed by atoms with Crippen molar-refractivity contribution in [2.45, 2.75) is 46.3 Å². The molecule has 6 rings (SSSR count). The second-order valence-electron chi connectivity index (χ2n) is 11.9. The third-order valence-corrected chi connectivity index (χ3v) is 12.6. The summed E-state index contributed by atoms with van der Waals surface area (Å²) in [6.45, 7) is 4.24. The molecule has 4 aliphatic heterocycles. The van der Waals surface area contributed by atoms with Gasteiger partial charge in [-0.1, -0.05) is 76.6 Å². The number of nitrogens with one attached hydrogen (secondary N) is 2. The zero-order valence-electron chi connectivity index (χ0n) is 24.1. The maximum atomic E-state index is 14.5. The van der Waals surface area contributed by atoms with Crippen molar-refractivity contribution in [3.8, 4) is 0 Å². The van der Waals surface area contributed by atoms with E-state index in [1.54, 1.807) is 16.7 Å². The number of amides is 3. The number of hydrogen-bond donors (Lipinski definition) is 3. The quantitative estimate of drug-likeness (QED) is 0.313. The molecule has 11 heteroatoms. The molecule has 7 atom stereocenters. The molecular weight excluding hydrogens is 632 g/mol. The highest BCUT2D eigenvalue weighted by Crippen LogP contribution is 2.68. The molecule has 0 radical (unpaired) electrons. The average Bonchev–Trinajstić information content (AvgIpc) is 3.63. The maximum Gasteiger partial charge on any atom is 0.244 e. The average molecular weight is 672 g/mol. The Kier molecular flexibility index (Phi) is 9.44. The molecular formula is C32H39BrN4O5S. The van der Waals surface area contributed by atoms with Crippen LogP contribution in [0.1, 0.15) is 17.5 Å². The molecule has 1 spiro atoms. The lowest BCUT2D eigenvalue weighted by atomic mass is 9.70. The van der Waals surface area contributed by atoms with Crippen molar-refractivity contribution >= 4 is 45.4 Å². The molecule has 3 N–H and O–H groups in total. The zero-order valence-corrected chi connectivity index (χ0v) is 26.5. The van der Waals surface area contributed by atoms with Crippen LogP contribution in [-0.2, 0) is 32.1 Å². The molecule has 230 valence electrons. The highest BCUT2D eigenvalue weighted by molar-refractivity contribution is 9.09. The first kappa shape index (κ1) is 30.6. The Morgan fingerprint density at radius 2 is 1.70 bits per heavy atom. The van der Waals surface area contributed by atoms with E-state index in [1.807, 2.05) is 60.7 Å². The Balaban J connectivity index is 1.28. The number of halogens is 1. The summed E-state index contributed by atoms with van der Waals surface area (Å²) in [5, 5.41) is 16.7. The Morgan fingerprint density at radius 1 is 1.02 bits per heavy atom. The van der Waals surface area contributed by atoms with Crippen LogP contribution in [-0.4, -0.2) is 106 Å². The summed E-state index contributed by atoms with van der Waals surface area (Å²) in [4.78, 5) is 46.4. The lowest BCUT2D eigenvalue weighted by molar-refractivity contribution is -0.142. The van der Waals surface area contributed by atoms with Gasteiger partial charge in [0.1, 0.15) is 6.04 Å². The van der Waals surface area contributed by atoms with Crippen molar-refractivity contribution in [1.29, 1.82) is 0 Å². The third-order valence-electron chi connectivity index (χ3n) is 9.34. The van der Waals surface area contributed by atoms with E-state index in [0.29, 0.717) is 45.7 Å². The fourth-order valence-corrected chi connectivity index (χ4v) is 11.0. The second kappa shape index (κ2) is 13.3. The topological polar surface area (TPSA) is 111 Å². The fourth-order valence-electron chi connectivity index (χ4n) is 7.36. The highest BCUT2D eigenvalue weighted by Gasteiger charge is 2.76. The summed E-state index contributed by atoms with van der Waals surface area (Å²) in [6.07, 6.45) is 1.02. The molecule has 3 amide bonds. The van der Waals surface area contributed by atoms with Crippen molar-refractivity contribution in [3.63, 3.8) is 0 Å². The predicted octanol–water partition coefficient (Wildman–Crippen LogP) is 1.82. The normalized spacial score (nSPS) is 30.7. The van der Waals surface area contributed by atoms with Crippen LogP contribution in [0.3, 0.4) is 0 Å². The van der Waals surface area contributed by atoms with E-state index in [9.17, 15) is 19.5 Å². The molecule has 0 saturated carbocycles. The lowest BCUT2D eigenvalue weighted by Crippen LogP contribution is -2.58. The molecule has 4 fully saturated rings. The summed E-state index contributed by atoms with van der Waals surface area (Å²) >= 11 is 5.45. The Bertz CT molecular complexity index is 1300. The largest absolute Gasteiger partial charge is 0.394 e. The molecule has 2 aromatic rings. The van der Waals surface area contributed by atoms with Gasteiger partial charge in [0.25, 0.3) is 0 Å². The molecule has 2 bridgehead atoms. The van der Waals surface area contributed by atoms with Crippen LogP contribution < -0.4 is 10.6 Å². The first-order valence-corrected chi connectivity index (χ1v) is 16.9. The molecule has 4 heterocycles. The van der Waals surface area contributed by atoms with Crippen LogP contribution in [0.4, 0.5) is 0 Å². The Morgan fingerprint density at radius 3 is 2.37 bits per heavy atom. The molecule has 9 nitrogen and oxygen atoms in total. The number of carbonyl (C=O) groups is 3. The third kappa shape index (κ3) is 5.99. The monoisotopic (exact) mass is 670 g/mol. The van der Waals surface area contributed by atoms with Crippen LogP contribution in [0.25, 0.3) is 0 Å². The number of rotatable bonds is 11. The maximum absolute atomic E-state index is 14.5. The van der Waals surface area contributed by atoms with Crippen LogP contribution in [0.2, 0.25) is 0 Å². The van der Waals surface area contributed by atoms with E-state index < -0.39 is 28.7 Å². The minimum atomic E-state index is -0.794. The van der Waals surface area contributed by atoms with Crippen LogP contribution in [0.5, 0.6) is 0 Å². The van der Waals surface area contributed by atoms with E-state index in [4.69, 9.17) is 4.74 Å². The van der Waals surface area contributed by atoms with Crippen LogP contribution in [0.15, 0.2) is 60.7 Å². The number of nitrogens with zero attached hydrogens (tertiary/aromatic N) is 2. The van der Waals surface area contributed by atoms with Gasteiger partial charge in [0.15, 0.2) is 0 Å². The predicted molar refractivity (Wildman–Crippen MR) is 169 cm³/mol. The van der Waals surface area contributed by atoms with Crippen molar-refractivity contribution in [1.82, 2.24) is 20.4 Å². The van der Waals surface area contributed by atoms with Gasteiger partial charge >= 0.3 is 0 Å². The summed E-state index contributed by atoms with van der Waals surface area (Å²) in [5.41, 5.74) is 1.96. The molecule has 2 aromatic carbocycles. The molecule has 3 unspecified atom stereocenters. The summed E-state index contributed by atoms with van der Waals surface area (Å²) in [7, 11) is 0. The van der Waals surface area contributed by atoms with Gasteiger partial charge in [-0.05, 0) is 24.0 Å². The number of alkyl halides is 1. The van der Waals surface area contributed by atoms with E-state index >= 15 is 0 Å². The lowest BCUT2D eigenvalue weighted by Gasteiger charge is -2.37. The summed E-state index contributed by atoms with van der Waals surface area (Å²) in [5.74, 6) is -1.81. The number of aliphatic hydroxyl groups excluding tert-OH is 1. The molecule has 4 saturated heterocycles. The first-order chi connectivity index (χ1) is 20.9. The van der Waals surface area contributed by atoms with Gasteiger partial charge in [0, 0.05) is 42.8 Å². The van der Waals surface area contributed by atoms with Gasteiger partial charge in [0.05, 0.1) is 42.4 Å². The van der Waals surface area contributed by atoms with E-state index in [-0.39, 0.29) is 34.4 Å². The van der Waals surface area contributed by atoms with Gasteiger partial charge in [0.2, 0.25) is 17.7 Å². The van der Waals surface area contributed by atoms with Crippen molar-refractivity contribution in [2.75, 3.05) is 46.0 Å². The minimum Gasteiger partial charge on any atom is -0.394 e. The van der Waals surface area contributed by atoms with Crippen molar-refractivity contribution < 1.29 is 24.2 Å². The van der Waals surface area contributed by atoms with Crippen molar-refractivity contribution in [3.05, 3.63) is 71.8 Å². The number of fused-ring (bicyclic) bond motifs is 1. The van der Waals surface area contributed by atoms with Crippen LogP contribution >= 0.6 is 27.7 Å². The van der Waals surface area contributed by atoms with E-state index in [2.05, 4.69) is 31.5 Å². The number of aliphatic hydroxyl groups is 1. The number of morpholine rings is 1. The van der Waals surface area contributed by atoms with Crippen LogP contribution in [0, 0.1) is 11.8 Å². The molecule has 0 aliphatic carbocycles. The van der Waals surface area contributed by atoms with Gasteiger partial charge in [-0.15, -0.1) is 11.8 Å². The SMILES string of the molecule is O=C(NCCN1CCOCC1)C1N([C@@H](CO)Cc2ccccc2)C(=O)[C@@H]2[C@H](C(=O)NCc3ccccc3)[C@H]3SC12CC3Br.